The van der Waals surface area contributed by atoms with Gasteiger partial charge in [0.1, 0.15) is 12.4 Å². The lowest BCUT2D eigenvalue weighted by atomic mass is 10.2. The summed E-state index contributed by atoms with van der Waals surface area (Å²) >= 11 is 0. The number of hydrogen-bond acceptors (Lipinski definition) is 4. The monoisotopic (exact) mass is 295 g/mol. The van der Waals surface area contributed by atoms with E-state index in [1.54, 1.807) is 24.3 Å². The molecule has 0 aliphatic heterocycles. The maximum absolute atomic E-state index is 10.7. The summed E-state index contributed by atoms with van der Waals surface area (Å²) in [6.07, 6.45) is 2.45. The topological polar surface area (TPSA) is 67.8 Å². The standard InChI is InChI=1S/C16H25NO4/c1-13(2)20-11-4-3-9-17-10-12-21-15-7-5-14(6-8-15)16(18)19/h5-8,13,17H,3-4,9-12H2,1-2H3,(H,18,19). The van der Waals surface area contributed by atoms with Crippen LogP contribution in [-0.4, -0.2) is 43.5 Å². The molecule has 0 spiro atoms. The third-order valence-corrected chi connectivity index (χ3v) is 2.85. The number of aromatic carboxylic acids is 1. The number of carboxylic acid groups (broad SMARTS) is 1. The van der Waals surface area contributed by atoms with Crippen LogP contribution in [0.15, 0.2) is 24.3 Å². The third kappa shape index (κ3) is 8.32. The minimum atomic E-state index is -0.926. The van der Waals surface area contributed by atoms with Gasteiger partial charge in [0.2, 0.25) is 0 Å². The molecule has 0 aliphatic rings. The van der Waals surface area contributed by atoms with Crippen molar-refractivity contribution in [1.82, 2.24) is 5.32 Å². The van der Waals surface area contributed by atoms with Gasteiger partial charge in [-0.15, -0.1) is 0 Å². The largest absolute Gasteiger partial charge is 0.492 e. The molecule has 0 amide bonds. The Morgan fingerprint density at radius 2 is 1.86 bits per heavy atom. The number of nitrogens with one attached hydrogen (secondary N) is 1. The summed E-state index contributed by atoms with van der Waals surface area (Å²) in [5.41, 5.74) is 0.268. The van der Waals surface area contributed by atoms with Crippen LogP contribution < -0.4 is 10.1 Å². The first-order chi connectivity index (χ1) is 10.1. The van der Waals surface area contributed by atoms with Crippen molar-refractivity contribution in [3.05, 3.63) is 29.8 Å². The SMILES string of the molecule is CC(C)OCCCCNCCOc1ccc(C(=O)O)cc1. The van der Waals surface area contributed by atoms with Crippen LogP contribution >= 0.6 is 0 Å². The van der Waals surface area contributed by atoms with Crippen LogP contribution in [-0.2, 0) is 4.74 Å². The molecule has 0 saturated carbocycles. The zero-order valence-electron chi connectivity index (χ0n) is 12.8. The molecule has 0 fully saturated rings. The van der Waals surface area contributed by atoms with Crippen molar-refractivity contribution >= 4 is 5.97 Å². The van der Waals surface area contributed by atoms with Crippen LogP contribution in [0, 0.1) is 0 Å². The lowest BCUT2D eigenvalue weighted by Gasteiger charge is -2.09. The summed E-state index contributed by atoms with van der Waals surface area (Å²) in [5, 5.41) is 12.1. The number of carbonyl (C=O) groups is 1. The normalized spacial score (nSPS) is 10.8. The van der Waals surface area contributed by atoms with E-state index in [0.29, 0.717) is 18.5 Å². The van der Waals surface area contributed by atoms with Gasteiger partial charge >= 0.3 is 5.97 Å². The Balaban J connectivity index is 2.00. The van der Waals surface area contributed by atoms with Gasteiger partial charge in [0.05, 0.1) is 11.7 Å². The highest BCUT2D eigenvalue weighted by atomic mass is 16.5. The van der Waals surface area contributed by atoms with Gasteiger partial charge in [-0.25, -0.2) is 4.79 Å². The smallest absolute Gasteiger partial charge is 0.335 e. The lowest BCUT2D eigenvalue weighted by molar-refractivity contribution is 0.0696. The summed E-state index contributed by atoms with van der Waals surface area (Å²) < 4.78 is 11.0. The van der Waals surface area contributed by atoms with Gasteiger partial charge in [-0.3, -0.25) is 0 Å². The van der Waals surface area contributed by atoms with Crippen molar-refractivity contribution in [3.63, 3.8) is 0 Å². The molecule has 0 aliphatic carbocycles. The molecule has 0 aromatic heterocycles. The molecule has 2 N–H and O–H groups in total. The number of ether oxygens (including phenoxy) is 2. The molecular weight excluding hydrogens is 270 g/mol. The summed E-state index contributed by atoms with van der Waals surface area (Å²) in [6, 6.07) is 6.43. The predicted octanol–water partition coefficient (Wildman–Crippen LogP) is 2.56. The average Bonchev–Trinajstić information content (AvgIpc) is 2.45. The fraction of sp³-hybridized carbons (Fsp3) is 0.562. The second-order valence-electron chi connectivity index (χ2n) is 5.05. The van der Waals surface area contributed by atoms with E-state index in [1.807, 2.05) is 13.8 Å². The van der Waals surface area contributed by atoms with Crippen LogP contribution in [0.5, 0.6) is 5.75 Å². The fourth-order valence-corrected chi connectivity index (χ4v) is 1.73. The molecule has 5 nitrogen and oxygen atoms in total. The van der Waals surface area contributed by atoms with Crippen LogP contribution in [0.3, 0.4) is 0 Å². The minimum Gasteiger partial charge on any atom is -0.492 e. The van der Waals surface area contributed by atoms with Crippen molar-refractivity contribution in [2.45, 2.75) is 32.8 Å². The number of hydrogen-bond donors (Lipinski definition) is 2. The van der Waals surface area contributed by atoms with Crippen LogP contribution in [0.2, 0.25) is 0 Å². The summed E-state index contributed by atoms with van der Waals surface area (Å²) in [7, 11) is 0. The van der Waals surface area contributed by atoms with Crippen molar-refractivity contribution in [3.8, 4) is 5.75 Å². The van der Waals surface area contributed by atoms with Gasteiger partial charge < -0.3 is 19.9 Å². The number of carboxylic acids is 1. The van der Waals surface area contributed by atoms with Gasteiger partial charge in [0.15, 0.2) is 0 Å². The van der Waals surface area contributed by atoms with Gasteiger partial charge in [-0.1, -0.05) is 0 Å². The zero-order valence-corrected chi connectivity index (χ0v) is 12.8. The highest BCUT2D eigenvalue weighted by Crippen LogP contribution is 2.11. The van der Waals surface area contributed by atoms with E-state index in [0.717, 1.165) is 32.5 Å². The van der Waals surface area contributed by atoms with Gasteiger partial charge in [-0.05, 0) is 57.5 Å². The highest BCUT2D eigenvalue weighted by Gasteiger charge is 2.01. The minimum absolute atomic E-state index is 0.268. The van der Waals surface area contributed by atoms with Crippen molar-refractivity contribution < 1.29 is 19.4 Å². The number of rotatable bonds is 11. The number of unbranched alkanes of at least 4 members (excludes halogenated alkanes) is 1. The average molecular weight is 295 g/mol. The molecule has 0 radical (unpaired) electrons. The maximum atomic E-state index is 10.7. The number of benzene rings is 1. The molecular formula is C16H25NO4. The van der Waals surface area contributed by atoms with Crippen molar-refractivity contribution in [2.24, 2.45) is 0 Å². The van der Waals surface area contributed by atoms with Gasteiger partial charge in [0.25, 0.3) is 0 Å². The molecule has 21 heavy (non-hydrogen) atoms. The molecule has 1 rings (SSSR count). The Labute approximate surface area is 126 Å². The highest BCUT2D eigenvalue weighted by molar-refractivity contribution is 5.87. The molecule has 0 unspecified atom stereocenters. The first-order valence-electron chi connectivity index (χ1n) is 7.38. The molecule has 0 saturated heterocycles. The first-order valence-corrected chi connectivity index (χ1v) is 7.38. The fourth-order valence-electron chi connectivity index (χ4n) is 1.73. The Kier molecular flexibility index (Phi) is 8.47. The van der Waals surface area contributed by atoms with Crippen LogP contribution in [0.25, 0.3) is 0 Å². The lowest BCUT2D eigenvalue weighted by Crippen LogP contribution is -2.22. The Morgan fingerprint density at radius 3 is 2.48 bits per heavy atom. The third-order valence-electron chi connectivity index (χ3n) is 2.85. The van der Waals surface area contributed by atoms with E-state index in [-0.39, 0.29) is 5.56 Å². The summed E-state index contributed by atoms with van der Waals surface area (Å²) in [4.78, 5) is 10.7. The van der Waals surface area contributed by atoms with E-state index in [9.17, 15) is 4.79 Å². The second-order valence-corrected chi connectivity index (χ2v) is 5.05. The van der Waals surface area contributed by atoms with Crippen molar-refractivity contribution in [1.29, 1.82) is 0 Å². The van der Waals surface area contributed by atoms with E-state index in [1.165, 1.54) is 0 Å². The predicted molar refractivity (Wildman–Crippen MR) is 82.1 cm³/mol. The first kappa shape index (κ1) is 17.5. The quantitative estimate of drug-likeness (QED) is 0.614. The van der Waals surface area contributed by atoms with E-state index in [4.69, 9.17) is 14.6 Å². The second kappa shape index (κ2) is 10.2. The van der Waals surface area contributed by atoms with Gasteiger partial charge in [0, 0.05) is 13.2 Å². The van der Waals surface area contributed by atoms with Crippen LogP contribution in [0.1, 0.15) is 37.0 Å². The van der Waals surface area contributed by atoms with Crippen molar-refractivity contribution in [2.75, 3.05) is 26.3 Å². The molecule has 5 heteroatoms. The van der Waals surface area contributed by atoms with E-state index >= 15 is 0 Å². The molecule has 1 aromatic carbocycles. The molecule has 0 bridgehead atoms. The molecule has 0 heterocycles. The van der Waals surface area contributed by atoms with Crippen LogP contribution in [0.4, 0.5) is 0 Å². The summed E-state index contributed by atoms with van der Waals surface area (Å²) in [5.74, 6) is -0.239. The summed E-state index contributed by atoms with van der Waals surface area (Å²) in [6.45, 7) is 7.17. The van der Waals surface area contributed by atoms with E-state index < -0.39 is 5.97 Å². The van der Waals surface area contributed by atoms with Gasteiger partial charge in [-0.2, -0.15) is 0 Å². The zero-order chi connectivity index (χ0) is 15.5. The molecule has 1 aromatic rings. The molecule has 0 atom stereocenters. The van der Waals surface area contributed by atoms with E-state index in [2.05, 4.69) is 5.32 Å². The Hall–Kier alpha value is -1.59. The Morgan fingerprint density at radius 1 is 1.14 bits per heavy atom. The molecule has 118 valence electrons. The maximum Gasteiger partial charge on any atom is 0.335 e. The Bertz CT molecular complexity index is 403.